The van der Waals surface area contributed by atoms with E-state index < -0.39 is 34.6 Å². The Hall–Kier alpha value is -7.97. The van der Waals surface area contributed by atoms with Gasteiger partial charge in [-0.15, -0.1) is 0 Å². The molecule has 3 nitrogen and oxygen atoms in total. The summed E-state index contributed by atoms with van der Waals surface area (Å²) in [4.78, 5) is 4.50. The molecule has 0 atom stereocenters. The van der Waals surface area contributed by atoms with Crippen LogP contribution in [0.25, 0.3) is 49.7 Å². The van der Waals surface area contributed by atoms with Crippen molar-refractivity contribution < 1.29 is 22.0 Å². The topological polar surface area (TPSA) is 11.4 Å². The van der Waals surface area contributed by atoms with E-state index >= 15 is 0 Å². The van der Waals surface area contributed by atoms with Crippen molar-refractivity contribution in [2.75, 3.05) is 9.80 Å². The molecule has 0 unspecified atom stereocenters. The van der Waals surface area contributed by atoms with E-state index in [2.05, 4.69) is 99.3 Å². The van der Waals surface area contributed by atoms with Gasteiger partial charge >= 0.3 is 0 Å². The number of anilines is 6. The van der Waals surface area contributed by atoms with Crippen LogP contribution in [0.2, 0.25) is 0 Å². The Balaban J connectivity index is 1.11. The van der Waals surface area contributed by atoms with E-state index in [1.54, 1.807) is 12.1 Å². The molecule has 0 amide bonds. The molecule has 10 aromatic rings. The lowest BCUT2D eigenvalue weighted by atomic mass is 9.99. The summed E-state index contributed by atoms with van der Waals surface area (Å²) >= 11 is 0. The Morgan fingerprint density at radius 1 is 0.290 bits per heavy atom. The van der Waals surface area contributed by atoms with Gasteiger partial charge in [-0.05, 0) is 114 Å². The molecule has 0 radical (unpaired) electrons. The second-order valence-corrected chi connectivity index (χ2v) is 14.8. The first kappa shape index (κ1) is 38.2. The molecule has 0 N–H and O–H groups in total. The van der Waals surface area contributed by atoms with Gasteiger partial charge in [-0.3, -0.25) is 0 Å². The maximum absolute atomic E-state index is 14.6. The fraction of sp³-hybridized carbons (Fsp3) is 0. The summed E-state index contributed by atoms with van der Waals surface area (Å²) in [5, 5.41) is 2.09. The highest BCUT2D eigenvalue weighted by Crippen LogP contribution is 2.43. The highest BCUT2D eigenvalue weighted by molar-refractivity contribution is 6.12. The third-order valence-corrected chi connectivity index (χ3v) is 11.1. The number of aromatic nitrogens is 1. The molecular formula is C54H34F5N3. The number of rotatable bonds is 9. The van der Waals surface area contributed by atoms with E-state index in [1.165, 1.54) is 12.1 Å². The SMILES string of the molecule is Fc1c(F)c(F)c(-c2ccc(-c3ccc(-n4c5ccc(N(c6ccccc6)c6ccccc6)cc5c5cc(N(c6ccccc6)c6ccccc6)ccc54)cc3)cc2)c(F)c1F. The highest BCUT2D eigenvalue weighted by Gasteiger charge is 2.27. The quantitative estimate of drug-likeness (QED) is 0.0816. The van der Waals surface area contributed by atoms with Gasteiger partial charge in [0, 0.05) is 50.6 Å². The lowest BCUT2D eigenvalue weighted by molar-refractivity contribution is 0.381. The van der Waals surface area contributed by atoms with E-state index in [1.807, 2.05) is 97.1 Å². The zero-order valence-corrected chi connectivity index (χ0v) is 32.9. The number of nitrogens with zero attached hydrogens (tertiary/aromatic N) is 3. The lowest BCUT2D eigenvalue weighted by Gasteiger charge is -2.26. The van der Waals surface area contributed by atoms with Gasteiger partial charge in [0.25, 0.3) is 0 Å². The van der Waals surface area contributed by atoms with Gasteiger partial charge < -0.3 is 14.4 Å². The van der Waals surface area contributed by atoms with Gasteiger partial charge in [-0.1, -0.05) is 109 Å². The fourth-order valence-corrected chi connectivity index (χ4v) is 8.25. The maximum atomic E-state index is 14.6. The molecule has 0 spiro atoms. The molecule has 62 heavy (non-hydrogen) atoms. The van der Waals surface area contributed by atoms with Crippen molar-refractivity contribution in [3.8, 4) is 27.9 Å². The van der Waals surface area contributed by atoms with Crippen molar-refractivity contribution in [2.45, 2.75) is 0 Å². The minimum absolute atomic E-state index is 0.127. The molecule has 0 bridgehead atoms. The molecule has 1 aromatic heterocycles. The number of benzene rings is 9. The van der Waals surface area contributed by atoms with Gasteiger partial charge in [0.1, 0.15) is 0 Å². The largest absolute Gasteiger partial charge is 0.310 e. The molecule has 10 rings (SSSR count). The van der Waals surface area contributed by atoms with Crippen LogP contribution in [-0.2, 0) is 0 Å². The monoisotopic (exact) mass is 819 g/mol. The highest BCUT2D eigenvalue weighted by atomic mass is 19.2. The van der Waals surface area contributed by atoms with Crippen LogP contribution in [0, 0.1) is 29.1 Å². The first-order valence-electron chi connectivity index (χ1n) is 20.0. The van der Waals surface area contributed by atoms with Crippen LogP contribution in [0.3, 0.4) is 0 Å². The number of hydrogen-bond acceptors (Lipinski definition) is 2. The smallest absolute Gasteiger partial charge is 0.200 e. The minimum atomic E-state index is -2.19. The van der Waals surface area contributed by atoms with Gasteiger partial charge in [0.05, 0.1) is 16.6 Å². The predicted molar refractivity (Wildman–Crippen MR) is 241 cm³/mol. The lowest BCUT2D eigenvalue weighted by Crippen LogP contribution is -2.09. The van der Waals surface area contributed by atoms with Crippen LogP contribution < -0.4 is 9.80 Å². The van der Waals surface area contributed by atoms with Crippen LogP contribution in [0.15, 0.2) is 206 Å². The summed E-state index contributed by atoms with van der Waals surface area (Å²) in [5.74, 6) is -9.89. The third kappa shape index (κ3) is 6.72. The van der Waals surface area contributed by atoms with E-state index in [0.29, 0.717) is 5.56 Å². The van der Waals surface area contributed by atoms with Crippen molar-refractivity contribution in [1.29, 1.82) is 0 Å². The standard InChI is InChI=1S/C54H34F5N3/c55-50-49(51(56)53(58)54(59)52(50)57)37-23-21-35(22-24-37)36-25-27-42(28-26-36)62-47-31-29-43(60(38-13-5-1-6-14-38)39-15-7-2-8-16-39)33-45(47)46-34-44(30-32-48(46)62)61(40-17-9-3-10-18-40)41-19-11-4-12-20-41/h1-34H. The Kier molecular flexibility index (Phi) is 9.81. The third-order valence-electron chi connectivity index (χ3n) is 11.1. The van der Waals surface area contributed by atoms with Gasteiger partial charge in [-0.2, -0.15) is 0 Å². The summed E-state index contributed by atoms with van der Waals surface area (Å²) < 4.78 is 73.2. The van der Waals surface area contributed by atoms with Crippen molar-refractivity contribution in [3.63, 3.8) is 0 Å². The number of hydrogen-bond donors (Lipinski definition) is 0. The Morgan fingerprint density at radius 3 is 0.984 bits per heavy atom. The van der Waals surface area contributed by atoms with Crippen LogP contribution >= 0.6 is 0 Å². The molecule has 0 aliphatic carbocycles. The van der Waals surface area contributed by atoms with Crippen molar-refractivity contribution >= 4 is 55.9 Å². The summed E-state index contributed by atoms with van der Waals surface area (Å²) in [6, 6.07) is 68.0. The zero-order chi connectivity index (χ0) is 42.3. The summed E-state index contributed by atoms with van der Waals surface area (Å²) in [7, 11) is 0. The summed E-state index contributed by atoms with van der Waals surface area (Å²) in [6.07, 6.45) is 0. The van der Waals surface area contributed by atoms with E-state index in [0.717, 1.165) is 67.2 Å². The van der Waals surface area contributed by atoms with Crippen molar-refractivity contribution in [2.24, 2.45) is 0 Å². The molecular weight excluding hydrogens is 786 g/mol. The van der Waals surface area contributed by atoms with Crippen LogP contribution in [-0.4, -0.2) is 4.57 Å². The van der Waals surface area contributed by atoms with Crippen LogP contribution in [0.5, 0.6) is 0 Å². The number of halogens is 5. The Bertz CT molecular complexity index is 2960. The molecule has 0 fully saturated rings. The summed E-state index contributed by atoms with van der Waals surface area (Å²) in [5.41, 5.74) is 9.38. The second kappa shape index (κ2) is 15.9. The fourth-order valence-electron chi connectivity index (χ4n) is 8.25. The Labute approximate surface area is 354 Å². The molecule has 0 aliphatic heterocycles. The molecule has 1 heterocycles. The van der Waals surface area contributed by atoms with Crippen molar-refractivity contribution in [1.82, 2.24) is 4.57 Å². The molecule has 8 heteroatoms. The minimum Gasteiger partial charge on any atom is -0.310 e. The summed E-state index contributed by atoms with van der Waals surface area (Å²) in [6.45, 7) is 0. The number of fused-ring (bicyclic) bond motifs is 3. The first-order valence-corrected chi connectivity index (χ1v) is 20.0. The van der Waals surface area contributed by atoms with Crippen LogP contribution in [0.1, 0.15) is 0 Å². The van der Waals surface area contributed by atoms with E-state index in [-0.39, 0.29) is 5.56 Å². The molecule has 0 saturated heterocycles. The average molecular weight is 820 g/mol. The number of para-hydroxylation sites is 4. The van der Waals surface area contributed by atoms with E-state index in [4.69, 9.17) is 0 Å². The van der Waals surface area contributed by atoms with Crippen molar-refractivity contribution in [3.05, 3.63) is 235 Å². The van der Waals surface area contributed by atoms with Crippen LogP contribution in [0.4, 0.5) is 56.1 Å². The normalized spacial score (nSPS) is 11.3. The first-order chi connectivity index (χ1) is 30.4. The second-order valence-electron chi connectivity index (χ2n) is 14.8. The molecule has 9 aromatic carbocycles. The molecule has 0 saturated carbocycles. The Morgan fingerprint density at radius 2 is 0.613 bits per heavy atom. The van der Waals surface area contributed by atoms with Gasteiger partial charge in [0.2, 0.25) is 5.82 Å². The molecule has 0 aliphatic rings. The average Bonchev–Trinajstić information content (AvgIpc) is 3.65. The maximum Gasteiger partial charge on any atom is 0.200 e. The zero-order valence-electron chi connectivity index (χ0n) is 32.9. The van der Waals surface area contributed by atoms with Gasteiger partial charge in [-0.25, -0.2) is 22.0 Å². The van der Waals surface area contributed by atoms with E-state index in [9.17, 15) is 22.0 Å². The molecule has 300 valence electrons. The van der Waals surface area contributed by atoms with Gasteiger partial charge in [0.15, 0.2) is 23.3 Å². The predicted octanol–water partition coefficient (Wildman–Crippen LogP) is 15.8.